The Labute approximate surface area is 132 Å². The molecule has 4 heteroatoms. The van der Waals surface area contributed by atoms with Gasteiger partial charge in [-0.2, -0.15) is 0 Å². The van der Waals surface area contributed by atoms with Crippen LogP contribution in [0.5, 0.6) is 0 Å². The zero-order chi connectivity index (χ0) is 15.8. The lowest BCUT2D eigenvalue weighted by atomic mass is 10.1. The van der Waals surface area contributed by atoms with E-state index >= 15 is 0 Å². The molecule has 0 amide bonds. The lowest BCUT2D eigenvalue weighted by molar-refractivity contribution is 0.459. The fourth-order valence-corrected chi connectivity index (χ4v) is 2.91. The Morgan fingerprint density at radius 2 is 1.14 bits per heavy atom. The number of unbranched alkanes of at least 4 members (excludes halogenated alkanes) is 11. The molecule has 126 valence electrons. The molecule has 21 heavy (non-hydrogen) atoms. The second-order valence-electron chi connectivity index (χ2n) is 5.85. The van der Waals surface area contributed by atoms with Crippen LogP contribution in [0.1, 0.15) is 90.4 Å². The van der Waals surface area contributed by atoms with Gasteiger partial charge in [-0.1, -0.05) is 70.4 Å². The molecule has 0 rings (SSSR count). The first-order chi connectivity index (χ1) is 10.1. The zero-order valence-corrected chi connectivity index (χ0v) is 14.5. The van der Waals surface area contributed by atoms with E-state index in [1.54, 1.807) is 0 Å². The summed E-state index contributed by atoms with van der Waals surface area (Å²) in [4.78, 5) is 0. The van der Waals surface area contributed by atoms with E-state index in [-0.39, 0.29) is 5.75 Å². The van der Waals surface area contributed by atoms with Crippen LogP contribution in [0.2, 0.25) is 0 Å². The van der Waals surface area contributed by atoms with Crippen molar-refractivity contribution < 1.29 is 13.0 Å². The summed E-state index contributed by atoms with van der Waals surface area (Å²) in [6.07, 6.45) is 19.7. The number of hydrogen-bond donors (Lipinski definition) is 0. The van der Waals surface area contributed by atoms with E-state index in [2.05, 4.69) is 19.1 Å². The predicted molar refractivity (Wildman–Crippen MR) is 89.4 cm³/mol. The van der Waals surface area contributed by atoms with Crippen molar-refractivity contribution in [1.29, 1.82) is 0 Å². The van der Waals surface area contributed by atoms with Gasteiger partial charge < -0.3 is 4.55 Å². The zero-order valence-electron chi connectivity index (χ0n) is 13.7. The highest BCUT2D eigenvalue weighted by atomic mass is 32.2. The summed E-state index contributed by atoms with van der Waals surface area (Å²) in [5.41, 5.74) is 0. The second-order valence-corrected chi connectivity index (χ2v) is 7.37. The Morgan fingerprint density at radius 3 is 1.62 bits per heavy atom. The third kappa shape index (κ3) is 19.6. The Balaban J connectivity index is 3.13. The van der Waals surface area contributed by atoms with Crippen molar-refractivity contribution in [2.45, 2.75) is 90.4 Å². The summed E-state index contributed by atoms with van der Waals surface area (Å²) in [5.74, 6) is -0.198. The van der Waals surface area contributed by atoms with Gasteiger partial charge in [-0.25, -0.2) is 8.42 Å². The highest BCUT2D eigenvalue weighted by molar-refractivity contribution is 7.85. The van der Waals surface area contributed by atoms with E-state index in [9.17, 15) is 13.0 Å². The molecule has 0 N–H and O–H groups in total. The van der Waals surface area contributed by atoms with E-state index in [1.165, 1.54) is 57.8 Å². The Bertz CT molecular complexity index is 334. The molecule has 0 bridgehead atoms. The van der Waals surface area contributed by atoms with Gasteiger partial charge in [-0.3, -0.25) is 0 Å². The van der Waals surface area contributed by atoms with E-state index in [0.717, 1.165) is 19.3 Å². The first-order valence-electron chi connectivity index (χ1n) is 8.65. The minimum absolute atomic E-state index is 0.198. The van der Waals surface area contributed by atoms with Crippen LogP contribution >= 0.6 is 0 Å². The maximum absolute atomic E-state index is 10.4. The van der Waals surface area contributed by atoms with E-state index in [1.807, 2.05) is 0 Å². The number of hydrogen-bond acceptors (Lipinski definition) is 3. The third-order valence-electron chi connectivity index (χ3n) is 3.66. The lowest BCUT2D eigenvalue weighted by Gasteiger charge is -2.05. The van der Waals surface area contributed by atoms with Gasteiger partial charge in [0, 0.05) is 5.75 Å². The van der Waals surface area contributed by atoms with Gasteiger partial charge in [0.25, 0.3) is 0 Å². The van der Waals surface area contributed by atoms with Gasteiger partial charge in [-0.15, -0.1) is 0 Å². The first-order valence-corrected chi connectivity index (χ1v) is 10.2. The van der Waals surface area contributed by atoms with Crippen molar-refractivity contribution in [3.63, 3.8) is 0 Å². The van der Waals surface area contributed by atoms with Gasteiger partial charge in [0.05, 0.1) is 10.1 Å². The summed E-state index contributed by atoms with van der Waals surface area (Å²) in [6, 6.07) is 0. The minimum Gasteiger partial charge on any atom is -0.748 e. The molecular formula is C17H33O3S-. The third-order valence-corrected chi connectivity index (χ3v) is 4.44. The van der Waals surface area contributed by atoms with Gasteiger partial charge in [-0.05, 0) is 32.1 Å². The largest absolute Gasteiger partial charge is 0.748 e. The molecule has 0 aliphatic heterocycles. The summed E-state index contributed by atoms with van der Waals surface area (Å²) >= 11 is 0. The molecule has 0 aromatic carbocycles. The SMILES string of the molecule is CCCCCC/C=C/CCCCCCCCCS(=O)(=O)[O-]. The van der Waals surface area contributed by atoms with Crippen LogP contribution < -0.4 is 0 Å². The van der Waals surface area contributed by atoms with E-state index < -0.39 is 10.1 Å². The molecule has 0 atom stereocenters. The quantitative estimate of drug-likeness (QED) is 0.237. The maximum atomic E-state index is 10.4. The molecule has 0 heterocycles. The second kappa shape index (κ2) is 14.6. The summed E-state index contributed by atoms with van der Waals surface area (Å²) in [5, 5.41) is 0. The van der Waals surface area contributed by atoms with Gasteiger partial charge in [0.2, 0.25) is 0 Å². The Morgan fingerprint density at radius 1 is 0.714 bits per heavy atom. The Hall–Kier alpha value is -0.350. The molecule has 0 spiro atoms. The summed E-state index contributed by atoms with van der Waals surface area (Å²) < 4.78 is 31.2. The minimum atomic E-state index is -4.00. The molecule has 3 nitrogen and oxygen atoms in total. The van der Waals surface area contributed by atoms with E-state index in [4.69, 9.17) is 0 Å². The topological polar surface area (TPSA) is 57.2 Å². The number of rotatable bonds is 15. The summed E-state index contributed by atoms with van der Waals surface area (Å²) in [7, 11) is -4.00. The molecule has 0 aromatic heterocycles. The molecular weight excluding hydrogens is 284 g/mol. The molecule has 0 radical (unpaired) electrons. The highest BCUT2D eigenvalue weighted by Gasteiger charge is 1.95. The maximum Gasteiger partial charge on any atom is 0.0945 e. The average Bonchev–Trinajstić information content (AvgIpc) is 2.42. The molecule has 0 aliphatic carbocycles. The van der Waals surface area contributed by atoms with Gasteiger partial charge >= 0.3 is 0 Å². The molecule has 0 unspecified atom stereocenters. The van der Waals surface area contributed by atoms with Crippen LogP contribution in [0.25, 0.3) is 0 Å². The fourth-order valence-electron chi connectivity index (χ4n) is 2.35. The lowest BCUT2D eigenvalue weighted by Crippen LogP contribution is -2.03. The molecule has 0 saturated heterocycles. The van der Waals surface area contributed by atoms with Crippen LogP contribution in [-0.4, -0.2) is 18.7 Å². The Kier molecular flexibility index (Phi) is 14.3. The van der Waals surface area contributed by atoms with Crippen molar-refractivity contribution in [1.82, 2.24) is 0 Å². The highest BCUT2D eigenvalue weighted by Crippen LogP contribution is 2.10. The van der Waals surface area contributed by atoms with Gasteiger partial charge in [0.1, 0.15) is 0 Å². The fraction of sp³-hybridized carbons (Fsp3) is 0.882. The van der Waals surface area contributed by atoms with Crippen LogP contribution in [0, 0.1) is 0 Å². The van der Waals surface area contributed by atoms with Crippen molar-refractivity contribution in [3.8, 4) is 0 Å². The van der Waals surface area contributed by atoms with Crippen LogP contribution in [0.15, 0.2) is 12.2 Å². The standard InChI is InChI=1S/C17H34O3S/c1-2-3-4-5-6-7-8-9-10-11-12-13-14-15-16-17-21(18,19)20/h7-8H,2-6,9-17H2,1H3,(H,18,19,20)/p-1/b8-7+. The molecule has 0 aromatic rings. The van der Waals surface area contributed by atoms with Crippen molar-refractivity contribution in [2.24, 2.45) is 0 Å². The monoisotopic (exact) mass is 317 g/mol. The number of allylic oxidation sites excluding steroid dienone is 2. The normalized spacial score (nSPS) is 12.3. The van der Waals surface area contributed by atoms with Crippen molar-refractivity contribution >= 4 is 10.1 Å². The summed E-state index contributed by atoms with van der Waals surface area (Å²) in [6.45, 7) is 2.24. The smallest absolute Gasteiger partial charge is 0.0945 e. The van der Waals surface area contributed by atoms with E-state index in [0.29, 0.717) is 6.42 Å². The molecule has 0 fully saturated rings. The van der Waals surface area contributed by atoms with Crippen molar-refractivity contribution in [2.75, 3.05) is 5.75 Å². The van der Waals surface area contributed by atoms with Crippen LogP contribution in [-0.2, 0) is 10.1 Å². The van der Waals surface area contributed by atoms with Crippen LogP contribution in [0.4, 0.5) is 0 Å². The van der Waals surface area contributed by atoms with Crippen LogP contribution in [0.3, 0.4) is 0 Å². The first kappa shape index (κ1) is 20.6. The van der Waals surface area contributed by atoms with Crippen molar-refractivity contribution in [3.05, 3.63) is 12.2 Å². The molecule has 0 aliphatic rings. The van der Waals surface area contributed by atoms with Gasteiger partial charge in [0.15, 0.2) is 0 Å². The predicted octanol–water partition coefficient (Wildman–Crippen LogP) is 5.18. The average molecular weight is 318 g/mol. The molecule has 0 saturated carbocycles.